The van der Waals surface area contributed by atoms with Crippen LogP contribution in [0.1, 0.15) is 19.2 Å². The molecule has 6 heteroatoms. The van der Waals surface area contributed by atoms with Gasteiger partial charge < -0.3 is 14.4 Å². The summed E-state index contributed by atoms with van der Waals surface area (Å²) < 4.78 is 10.3. The van der Waals surface area contributed by atoms with E-state index in [1.165, 1.54) is 11.3 Å². The molecule has 0 amide bonds. The van der Waals surface area contributed by atoms with Crippen LogP contribution in [0.5, 0.6) is 5.75 Å². The van der Waals surface area contributed by atoms with E-state index >= 15 is 0 Å². The first kappa shape index (κ1) is 11.1. The van der Waals surface area contributed by atoms with Gasteiger partial charge in [0, 0.05) is 6.61 Å². The zero-order valence-electron chi connectivity index (χ0n) is 8.84. The van der Waals surface area contributed by atoms with Gasteiger partial charge in [-0.25, -0.2) is 0 Å². The van der Waals surface area contributed by atoms with Crippen LogP contribution in [0.4, 0.5) is 0 Å². The molecule has 0 unspecified atom stereocenters. The van der Waals surface area contributed by atoms with Gasteiger partial charge in [-0.2, -0.15) is 4.98 Å². The second kappa shape index (κ2) is 5.09. The third-order valence-electron chi connectivity index (χ3n) is 1.89. The Labute approximate surface area is 96.7 Å². The maximum absolute atomic E-state index is 9.48. The summed E-state index contributed by atoms with van der Waals surface area (Å²) >= 11 is 1.36. The van der Waals surface area contributed by atoms with Crippen molar-refractivity contribution in [2.75, 3.05) is 6.61 Å². The van der Waals surface area contributed by atoms with Crippen LogP contribution in [0, 0.1) is 0 Å². The van der Waals surface area contributed by atoms with Crippen LogP contribution in [0.15, 0.2) is 16.0 Å². The van der Waals surface area contributed by atoms with Crippen LogP contribution in [0.3, 0.4) is 0 Å². The SMILES string of the molecule is CCCOCc1noc(-c2sccc2O)n1. The quantitative estimate of drug-likeness (QED) is 0.813. The van der Waals surface area contributed by atoms with E-state index in [4.69, 9.17) is 9.26 Å². The molecule has 86 valence electrons. The Balaban J connectivity index is 2.05. The minimum absolute atomic E-state index is 0.162. The summed E-state index contributed by atoms with van der Waals surface area (Å²) in [6, 6.07) is 1.59. The van der Waals surface area contributed by atoms with Crippen molar-refractivity contribution < 1.29 is 14.4 Å². The summed E-state index contributed by atoms with van der Waals surface area (Å²) in [5, 5.41) is 15.0. The summed E-state index contributed by atoms with van der Waals surface area (Å²) in [5.74, 6) is 0.994. The maximum atomic E-state index is 9.48. The summed E-state index contributed by atoms with van der Waals surface area (Å²) in [7, 11) is 0. The monoisotopic (exact) mass is 240 g/mol. The number of nitrogens with zero attached hydrogens (tertiary/aromatic N) is 2. The van der Waals surface area contributed by atoms with E-state index in [1.807, 2.05) is 6.92 Å². The smallest absolute Gasteiger partial charge is 0.271 e. The van der Waals surface area contributed by atoms with Crippen LogP contribution >= 0.6 is 11.3 Å². The normalized spacial score (nSPS) is 10.8. The van der Waals surface area contributed by atoms with Crippen molar-refractivity contribution in [3.05, 3.63) is 17.3 Å². The second-order valence-corrected chi connectivity index (χ2v) is 4.12. The molecule has 0 aliphatic heterocycles. The Bertz CT molecular complexity index is 452. The molecule has 0 spiro atoms. The van der Waals surface area contributed by atoms with Crippen molar-refractivity contribution in [2.24, 2.45) is 0 Å². The lowest BCUT2D eigenvalue weighted by Gasteiger charge is -1.95. The number of rotatable bonds is 5. The van der Waals surface area contributed by atoms with Crippen molar-refractivity contribution in [3.63, 3.8) is 0 Å². The van der Waals surface area contributed by atoms with Crippen LogP contribution in [0.25, 0.3) is 10.8 Å². The molecule has 0 bridgehead atoms. The fourth-order valence-electron chi connectivity index (χ4n) is 1.18. The van der Waals surface area contributed by atoms with Gasteiger partial charge in [0.15, 0.2) is 5.82 Å². The molecule has 0 fully saturated rings. The molecular weight excluding hydrogens is 228 g/mol. The molecule has 0 radical (unpaired) electrons. The lowest BCUT2D eigenvalue weighted by Crippen LogP contribution is -1.95. The third kappa shape index (κ3) is 2.40. The fraction of sp³-hybridized carbons (Fsp3) is 0.400. The highest BCUT2D eigenvalue weighted by atomic mass is 32.1. The molecule has 0 aromatic carbocycles. The molecular formula is C10H12N2O3S. The van der Waals surface area contributed by atoms with Gasteiger partial charge >= 0.3 is 0 Å². The Morgan fingerprint density at radius 1 is 1.56 bits per heavy atom. The van der Waals surface area contributed by atoms with Gasteiger partial charge in [-0.15, -0.1) is 11.3 Å². The molecule has 0 saturated carbocycles. The zero-order chi connectivity index (χ0) is 11.4. The van der Waals surface area contributed by atoms with Crippen molar-refractivity contribution in [2.45, 2.75) is 20.0 Å². The van der Waals surface area contributed by atoms with Crippen molar-refractivity contribution >= 4 is 11.3 Å². The largest absolute Gasteiger partial charge is 0.506 e. The standard InChI is InChI=1S/C10H12N2O3S/c1-2-4-14-6-8-11-10(15-12-8)9-7(13)3-5-16-9/h3,5,13H,2,4,6H2,1H3. The molecule has 0 atom stereocenters. The number of aromatic hydroxyl groups is 1. The average Bonchev–Trinajstić information content (AvgIpc) is 2.87. The average molecular weight is 240 g/mol. The van der Waals surface area contributed by atoms with Gasteiger partial charge in [0.1, 0.15) is 17.2 Å². The molecule has 0 saturated heterocycles. The van der Waals surface area contributed by atoms with Crippen molar-refractivity contribution in [1.82, 2.24) is 10.1 Å². The van der Waals surface area contributed by atoms with Gasteiger partial charge in [-0.3, -0.25) is 0 Å². The van der Waals surface area contributed by atoms with Gasteiger partial charge in [0.2, 0.25) is 0 Å². The number of aromatic nitrogens is 2. The number of hydrogen-bond acceptors (Lipinski definition) is 6. The molecule has 5 nitrogen and oxygen atoms in total. The molecule has 2 heterocycles. The minimum Gasteiger partial charge on any atom is -0.506 e. The van der Waals surface area contributed by atoms with Gasteiger partial charge in [0.05, 0.1) is 0 Å². The van der Waals surface area contributed by atoms with E-state index in [2.05, 4.69) is 10.1 Å². The summed E-state index contributed by atoms with van der Waals surface area (Å²) in [5.41, 5.74) is 0. The van der Waals surface area contributed by atoms with Gasteiger partial charge in [0.25, 0.3) is 5.89 Å². The van der Waals surface area contributed by atoms with Crippen molar-refractivity contribution in [1.29, 1.82) is 0 Å². The van der Waals surface area contributed by atoms with Crippen LogP contribution in [-0.2, 0) is 11.3 Å². The van der Waals surface area contributed by atoms with E-state index in [0.717, 1.165) is 6.42 Å². The first-order chi connectivity index (χ1) is 7.81. The Hall–Kier alpha value is -1.40. The van der Waals surface area contributed by atoms with E-state index in [0.29, 0.717) is 29.8 Å². The Morgan fingerprint density at radius 3 is 3.12 bits per heavy atom. The highest BCUT2D eigenvalue weighted by Crippen LogP contribution is 2.33. The van der Waals surface area contributed by atoms with Gasteiger partial charge in [-0.1, -0.05) is 12.1 Å². The zero-order valence-corrected chi connectivity index (χ0v) is 9.66. The highest BCUT2D eigenvalue weighted by Gasteiger charge is 2.13. The Morgan fingerprint density at radius 2 is 2.44 bits per heavy atom. The molecule has 2 aromatic rings. The first-order valence-electron chi connectivity index (χ1n) is 4.98. The lowest BCUT2D eigenvalue weighted by atomic mass is 10.4. The van der Waals surface area contributed by atoms with E-state index in [9.17, 15) is 5.11 Å². The van der Waals surface area contributed by atoms with Crippen LogP contribution < -0.4 is 0 Å². The molecule has 1 N–H and O–H groups in total. The fourth-order valence-corrected chi connectivity index (χ4v) is 1.88. The first-order valence-corrected chi connectivity index (χ1v) is 5.86. The maximum Gasteiger partial charge on any atom is 0.271 e. The van der Waals surface area contributed by atoms with E-state index in [-0.39, 0.29) is 5.75 Å². The third-order valence-corrected chi connectivity index (χ3v) is 2.78. The molecule has 0 aliphatic carbocycles. The summed E-state index contributed by atoms with van der Waals surface area (Å²) in [6.07, 6.45) is 0.955. The lowest BCUT2D eigenvalue weighted by molar-refractivity contribution is 0.114. The highest BCUT2D eigenvalue weighted by molar-refractivity contribution is 7.13. The topological polar surface area (TPSA) is 68.4 Å². The molecule has 2 rings (SSSR count). The number of hydrogen-bond donors (Lipinski definition) is 1. The predicted octanol–water partition coefficient (Wildman–Crippen LogP) is 2.43. The molecule has 2 aromatic heterocycles. The predicted molar refractivity (Wildman–Crippen MR) is 59.2 cm³/mol. The minimum atomic E-state index is 0.162. The second-order valence-electron chi connectivity index (χ2n) is 3.20. The Kier molecular flexibility index (Phi) is 3.53. The van der Waals surface area contributed by atoms with Crippen molar-refractivity contribution in [3.8, 4) is 16.5 Å². The van der Waals surface area contributed by atoms with Crippen LogP contribution in [0.2, 0.25) is 0 Å². The van der Waals surface area contributed by atoms with Gasteiger partial charge in [-0.05, 0) is 17.9 Å². The summed E-state index contributed by atoms with van der Waals surface area (Å²) in [6.45, 7) is 3.04. The van der Waals surface area contributed by atoms with E-state index < -0.39 is 0 Å². The molecule has 16 heavy (non-hydrogen) atoms. The number of thiophene rings is 1. The number of ether oxygens (including phenoxy) is 1. The van der Waals surface area contributed by atoms with E-state index in [1.54, 1.807) is 11.4 Å². The molecule has 0 aliphatic rings. The summed E-state index contributed by atoms with van der Waals surface area (Å²) in [4.78, 5) is 4.72. The van der Waals surface area contributed by atoms with Crippen LogP contribution in [-0.4, -0.2) is 21.9 Å².